The zero-order valence-electron chi connectivity index (χ0n) is 8.36. The van der Waals surface area contributed by atoms with Crippen LogP contribution in [0.2, 0.25) is 0 Å². The Bertz CT molecular complexity index is 267. The Morgan fingerprint density at radius 2 is 2.08 bits per heavy atom. The lowest BCUT2D eigenvalue weighted by Crippen LogP contribution is -2.07. The third kappa shape index (κ3) is 1.36. The first-order valence-electron chi connectivity index (χ1n) is 4.41. The van der Waals surface area contributed by atoms with Gasteiger partial charge in [0.15, 0.2) is 0 Å². The summed E-state index contributed by atoms with van der Waals surface area (Å²) in [7, 11) is 0. The minimum atomic E-state index is 0.0747. The van der Waals surface area contributed by atoms with E-state index in [1.165, 1.54) is 11.1 Å². The van der Waals surface area contributed by atoms with Gasteiger partial charge in [0.2, 0.25) is 0 Å². The van der Waals surface area contributed by atoms with E-state index in [0.717, 1.165) is 12.1 Å². The summed E-state index contributed by atoms with van der Waals surface area (Å²) in [6.07, 6.45) is 4.92. The second-order valence-corrected chi connectivity index (χ2v) is 3.90. The van der Waals surface area contributed by atoms with Gasteiger partial charge in [-0.1, -0.05) is 17.2 Å². The Labute approximate surface area is 74.7 Å². The van der Waals surface area contributed by atoms with Crippen molar-refractivity contribution in [3.8, 4) is 0 Å². The molecule has 0 radical (unpaired) electrons. The van der Waals surface area contributed by atoms with Crippen LogP contribution in [0.1, 0.15) is 34.1 Å². The fraction of sp³-hybridized carbons (Fsp3) is 0.545. The van der Waals surface area contributed by atoms with Crippen molar-refractivity contribution in [1.82, 2.24) is 0 Å². The molecule has 0 saturated heterocycles. The van der Waals surface area contributed by atoms with Crippen LogP contribution in [0.15, 0.2) is 23.3 Å². The van der Waals surface area contributed by atoms with E-state index in [0.29, 0.717) is 0 Å². The monoisotopic (exact) mass is 163 g/mol. The minimum Gasteiger partial charge on any atom is -0.304 e. The first-order valence-corrected chi connectivity index (χ1v) is 4.41. The van der Waals surface area contributed by atoms with Gasteiger partial charge in [0.25, 0.3) is 0 Å². The Balaban J connectivity index is 2.81. The van der Waals surface area contributed by atoms with Gasteiger partial charge in [-0.3, -0.25) is 0 Å². The molecule has 1 N–H and O–H groups in total. The van der Waals surface area contributed by atoms with E-state index in [1.54, 1.807) is 0 Å². The van der Waals surface area contributed by atoms with Gasteiger partial charge >= 0.3 is 0 Å². The molecule has 0 aliphatic heterocycles. The van der Waals surface area contributed by atoms with Crippen LogP contribution in [0, 0.1) is 10.8 Å². The van der Waals surface area contributed by atoms with Crippen molar-refractivity contribution < 1.29 is 0 Å². The summed E-state index contributed by atoms with van der Waals surface area (Å²) in [6.45, 7) is 8.37. The van der Waals surface area contributed by atoms with Crippen molar-refractivity contribution >= 4 is 5.71 Å². The average molecular weight is 163 g/mol. The van der Waals surface area contributed by atoms with Crippen LogP contribution in [0.5, 0.6) is 0 Å². The summed E-state index contributed by atoms with van der Waals surface area (Å²) < 4.78 is 0. The molecular weight excluding hydrogens is 146 g/mol. The highest BCUT2D eigenvalue weighted by Gasteiger charge is 2.47. The van der Waals surface area contributed by atoms with Crippen molar-refractivity contribution in [2.45, 2.75) is 34.1 Å². The van der Waals surface area contributed by atoms with Crippen LogP contribution < -0.4 is 0 Å². The normalized spacial score (nSPS) is 27.8. The second kappa shape index (κ2) is 2.89. The molecule has 0 heterocycles. The Morgan fingerprint density at radius 3 is 2.42 bits per heavy atom. The molecule has 1 heteroatoms. The highest BCUT2D eigenvalue weighted by molar-refractivity contribution is 6.02. The fourth-order valence-electron chi connectivity index (χ4n) is 1.65. The lowest BCUT2D eigenvalue weighted by molar-refractivity contribution is 0.834. The van der Waals surface area contributed by atoms with Gasteiger partial charge in [-0.25, -0.2) is 0 Å². The standard InChI is InChI=1S/C11H17N/c1-5-6-10(12)11(4)7-9(11)8(2)3/h5-6,12H,7H2,1-4H3/b6-5+,12-10?. The Kier molecular flexibility index (Phi) is 2.22. The molecule has 0 aromatic carbocycles. The van der Waals surface area contributed by atoms with Gasteiger partial charge in [0, 0.05) is 11.1 Å². The quantitative estimate of drug-likeness (QED) is 0.477. The van der Waals surface area contributed by atoms with Crippen LogP contribution in [0.3, 0.4) is 0 Å². The minimum absolute atomic E-state index is 0.0747. The molecule has 1 saturated carbocycles. The zero-order valence-corrected chi connectivity index (χ0v) is 8.36. The van der Waals surface area contributed by atoms with E-state index in [1.807, 2.05) is 19.1 Å². The molecule has 0 aromatic rings. The van der Waals surface area contributed by atoms with Crippen molar-refractivity contribution in [3.05, 3.63) is 23.3 Å². The third-order valence-electron chi connectivity index (χ3n) is 2.60. The summed E-state index contributed by atoms with van der Waals surface area (Å²) >= 11 is 0. The molecule has 1 unspecified atom stereocenters. The molecular formula is C11H17N. The first-order chi connectivity index (χ1) is 5.52. The Morgan fingerprint density at radius 1 is 1.50 bits per heavy atom. The van der Waals surface area contributed by atoms with Gasteiger partial charge in [0.1, 0.15) is 0 Å². The van der Waals surface area contributed by atoms with Crippen molar-refractivity contribution in [2.75, 3.05) is 0 Å². The van der Waals surface area contributed by atoms with E-state index in [2.05, 4.69) is 20.8 Å². The largest absolute Gasteiger partial charge is 0.304 e. The van der Waals surface area contributed by atoms with Crippen LogP contribution in [-0.2, 0) is 0 Å². The predicted molar refractivity (Wildman–Crippen MR) is 53.6 cm³/mol. The summed E-state index contributed by atoms with van der Waals surface area (Å²) in [5.74, 6) is 0. The maximum atomic E-state index is 7.81. The average Bonchev–Trinajstić information content (AvgIpc) is 2.65. The smallest absolute Gasteiger partial charge is 0.0413 e. The summed E-state index contributed by atoms with van der Waals surface area (Å²) in [5, 5.41) is 7.81. The van der Waals surface area contributed by atoms with E-state index in [4.69, 9.17) is 5.41 Å². The van der Waals surface area contributed by atoms with Crippen molar-refractivity contribution in [1.29, 1.82) is 5.41 Å². The number of rotatable bonds is 2. The molecule has 1 aliphatic carbocycles. The van der Waals surface area contributed by atoms with Crippen LogP contribution >= 0.6 is 0 Å². The highest BCUT2D eigenvalue weighted by atomic mass is 14.6. The van der Waals surface area contributed by atoms with E-state index in [-0.39, 0.29) is 5.41 Å². The number of nitrogens with one attached hydrogen (secondary N) is 1. The SMILES string of the molecule is C/C=C/C(=N)C1(C)CC1=C(C)C. The van der Waals surface area contributed by atoms with Gasteiger partial charge in [-0.15, -0.1) is 0 Å². The lowest BCUT2D eigenvalue weighted by atomic mass is 10.00. The van der Waals surface area contributed by atoms with E-state index in [9.17, 15) is 0 Å². The molecule has 0 amide bonds. The van der Waals surface area contributed by atoms with Gasteiger partial charge < -0.3 is 5.41 Å². The molecule has 1 aliphatic rings. The molecule has 12 heavy (non-hydrogen) atoms. The highest BCUT2D eigenvalue weighted by Crippen LogP contribution is 2.54. The topological polar surface area (TPSA) is 23.9 Å². The molecule has 0 bridgehead atoms. The molecule has 0 aromatic heterocycles. The maximum Gasteiger partial charge on any atom is 0.0413 e. The van der Waals surface area contributed by atoms with Crippen LogP contribution in [0.4, 0.5) is 0 Å². The van der Waals surface area contributed by atoms with Crippen LogP contribution in [0.25, 0.3) is 0 Å². The van der Waals surface area contributed by atoms with Gasteiger partial charge in [-0.05, 0) is 40.2 Å². The number of allylic oxidation sites excluding steroid dienone is 4. The predicted octanol–water partition coefficient (Wildman–Crippen LogP) is 3.33. The van der Waals surface area contributed by atoms with Gasteiger partial charge in [-0.2, -0.15) is 0 Å². The summed E-state index contributed by atoms with van der Waals surface area (Å²) in [4.78, 5) is 0. The molecule has 0 spiro atoms. The maximum absolute atomic E-state index is 7.81. The second-order valence-electron chi connectivity index (χ2n) is 3.90. The molecule has 1 atom stereocenters. The summed E-state index contributed by atoms with van der Waals surface area (Å²) in [6, 6.07) is 0. The molecule has 1 nitrogen and oxygen atoms in total. The van der Waals surface area contributed by atoms with Crippen molar-refractivity contribution in [3.63, 3.8) is 0 Å². The van der Waals surface area contributed by atoms with Gasteiger partial charge in [0.05, 0.1) is 0 Å². The molecule has 1 rings (SSSR count). The zero-order chi connectivity index (χ0) is 9.35. The number of hydrogen-bond donors (Lipinski definition) is 1. The lowest BCUT2D eigenvalue weighted by Gasteiger charge is -2.05. The van der Waals surface area contributed by atoms with E-state index < -0.39 is 0 Å². The molecule has 1 fully saturated rings. The molecule has 66 valence electrons. The first kappa shape index (κ1) is 9.24. The van der Waals surface area contributed by atoms with Crippen molar-refractivity contribution in [2.24, 2.45) is 5.41 Å². The third-order valence-corrected chi connectivity index (χ3v) is 2.60. The van der Waals surface area contributed by atoms with Crippen LogP contribution in [-0.4, -0.2) is 5.71 Å². The van der Waals surface area contributed by atoms with E-state index >= 15 is 0 Å². The Hall–Kier alpha value is -0.850. The number of hydrogen-bond acceptors (Lipinski definition) is 1. The summed E-state index contributed by atoms with van der Waals surface area (Å²) in [5.41, 5.74) is 3.66. The fourth-order valence-corrected chi connectivity index (χ4v) is 1.65.